The highest BCUT2D eigenvalue weighted by Gasteiger charge is 2.27. The number of carboxylic acids is 1. The van der Waals surface area contributed by atoms with Gasteiger partial charge in [0.15, 0.2) is 0 Å². The first-order valence-corrected chi connectivity index (χ1v) is 5.86. The zero-order chi connectivity index (χ0) is 12.8. The van der Waals surface area contributed by atoms with Crippen LogP contribution in [0.3, 0.4) is 0 Å². The van der Waals surface area contributed by atoms with Gasteiger partial charge in [0.25, 0.3) is 0 Å². The van der Waals surface area contributed by atoms with Crippen molar-refractivity contribution in [1.29, 1.82) is 0 Å². The summed E-state index contributed by atoms with van der Waals surface area (Å²) >= 11 is 0. The zero-order valence-electron chi connectivity index (χ0n) is 8.62. The van der Waals surface area contributed by atoms with Crippen molar-refractivity contribution in [3.05, 3.63) is 0 Å². The largest absolute Gasteiger partial charge is 0.480 e. The van der Waals surface area contributed by atoms with Crippen molar-refractivity contribution in [3.8, 4) is 0 Å². The average molecular weight is 262 g/mol. The quantitative estimate of drug-likeness (QED) is 0.700. The van der Waals surface area contributed by atoms with E-state index in [9.17, 15) is 22.2 Å². The van der Waals surface area contributed by atoms with Crippen LogP contribution in [0.4, 0.5) is 13.2 Å². The Morgan fingerprint density at radius 3 is 2.50 bits per heavy atom. The third-order valence-corrected chi connectivity index (χ3v) is 3.32. The summed E-state index contributed by atoms with van der Waals surface area (Å²) in [5.74, 6) is -1.17. The summed E-state index contributed by atoms with van der Waals surface area (Å²) in [6, 6.07) is 0. The summed E-state index contributed by atoms with van der Waals surface area (Å²) in [7, 11) is -1.58. The molecule has 96 valence electrons. The third-order valence-electron chi connectivity index (χ3n) is 1.64. The topological polar surface area (TPSA) is 63.6 Å². The summed E-state index contributed by atoms with van der Waals surface area (Å²) in [4.78, 5) is 10.4. The second-order valence-electron chi connectivity index (χ2n) is 3.09. The maximum atomic E-state index is 11.6. The van der Waals surface area contributed by atoms with Crippen LogP contribution < -0.4 is 0 Å². The smallest absolute Gasteiger partial charge is 0.411 e. The molecule has 0 saturated carbocycles. The van der Waals surface area contributed by atoms with Gasteiger partial charge in [0.2, 0.25) is 0 Å². The van der Waals surface area contributed by atoms with Crippen molar-refractivity contribution >= 4 is 16.8 Å². The molecule has 0 aromatic rings. The molecule has 0 radical (unpaired) electrons. The fourth-order valence-electron chi connectivity index (χ4n) is 0.780. The fraction of sp³-hybridized carbons (Fsp3) is 0.875. The van der Waals surface area contributed by atoms with E-state index >= 15 is 0 Å². The van der Waals surface area contributed by atoms with Crippen LogP contribution in [0.5, 0.6) is 0 Å². The van der Waals surface area contributed by atoms with Crippen LogP contribution in [0.15, 0.2) is 0 Å². The van der Waals surface area contributed by atoms with Crippen molar-refractivity contribution in [3.63, 3.8) is 0 Å². The molecular formula is C8H13F3O4S. The molecule has 0 saturated heterocycles. The monoisotopic (exact) mass is 262 g/mol. The molecule has 0 aromatic heterocycles. The number of aliphatic carboxylic acids is 1. The van der Waals surface area contributed by atoms with Gasteiger partial charge in [-0.2, -0.15) is 13.2 Å². The van der Waals surface area contributed by atoms with Gasteiger partial charge in [0.1, 0.15) is 11.9 Å². The first kappa shape index (κ1) is 15.4. The molecule has 0 aliphatic heterocycles. The third kappa shape index (κ3) is 7.63. The summed E-state index contributed by atoms with van der Waals surface area (Å²) in [6.07, 6.45) is -4.23. The molecule has 0 bridgehead atoms. The standard InChI is InChI=1S/C8H13F3O4S/c1-6(7(12)13)16(14)4-2-3-15-5-8(9,10)11/h6H,2-5H2,1H3,(H,12,13). The second kappa shape index (κ2) is 6.85. The number of carbonyl (C=O) groups is 1. The summed E-state index contributed by atoms with van der Waals surface area (Å²) < 4.78 is 50.3. The molecule has 0 amide bonds. The molecule has 4 nitrogen and oxygen atoms in total. The number of ether oxygens (including phenoxy) is 1. The van der Waals surface area contributed by atoms with Crippen LogP contribution in [-0.2, 0) is 20.3 Å². The molecule has 0 rings (SSSR count). The normalized spacial score (nSPS) is 15.8. The van der Waals surface area contributed by atoms with Crippen LogP contribution in [0.2, 0.25) is 0 Å². The van der Waals surface area contributed by atoms with Crippen LogP contribution in [-0.4, -0.2) is 45.7 Å². The summed E-state index contributed by atoms with van der Waals surface area (Å²) in [5, 5.41) is 7.48. The van der Waals surface area contributed by atoms with Gasteiger partial charge in [-0.05, 0) is 13.3 Å². The van der Waals surface area contributed by atoms with Gasteiger partial charge in [-0.25, -0.2) is 0 Å². The second-order valence-corrected chi connectivity index (χ2v) is 4.96. The van der Waals surface area contributed by atoms with Gasteiger partial charge in [-0.1, -0.05) is 0 Å². The molecule has 0 aliphatic rings. The number of halogens is 3. The zero-order valence-corrected chi connectivity index (χ0v) is 9.44. The molecule has 0 heterocycles. The van der Waals surface area contributed by atoms with Crippen LogP contribution in [0.25, 0.3) is 0 Å². The molecule has 0 aromatic carbocycles. The van der Waals surface area contributed by atoms with Crippen LogP contribution >= 0.6 is 0 Å². The molecule has 8 heteroatoms. The highest BCUT2D eigenvalue weighted by atomic mass is 32.2. The minimum Gasteiger partial charge on any atom is -0.480 e. The average Bonchev–Trinajstić information content (AvgIpc) is 2.13. The van der Waals surface area contributed by atoms with Gasteiger partial charge < -0.3 is 9.84 Å². The van der Waals surface area contributed by atoms with E-state index in [-0.39, 0.29) is 18.8 Å². The first-order valence-electron chi connectivity index (χ1n) is 4.48. The van der Waals surface area contributed by atoms with Crippen molar-refractivity contribution in [1.82, 2.24) is 0 Å². The van der Waals surface area contributed by atoms with E-state index in [1.165, 1.54) is 6.92 Å². The summed E-state index contributed by atoms with van der Waals surface area (Å²) in [5.41, 5.74) is 0. The molecule has 1 N–H and O–H groups in total. The Bertz CT molecular complexity index is 254. The van der Waals surface area contributed by atoms with Gasteiger partial charge in [-0.15, -0.1) is 0 Å². The fourth-order valence-corrected chi connectivity index (χ4v) is 1.76. The highest BCUT2D eigenvalue weighted by molar-refractivity contribution is 7.86. The van der Waals surface area contributed by atoms with E-state index in [1.807, 2.05) is 0 Å². The van der Waals surface area contributed by atoms with Gasteiger partial charge in [0.05, 0.1) is 0 Å². The Balaban J connectivity index is 3.60. The molecule has 2 unspecified atom stereocenters. The van der Waals surface area contributed by atoms with Gasteiger partial charge in [-0.3, -0.25) is 9.00 Å². The Hall–Kier alpha value is -0.630. The lowest BCUT2D eigenvalue weighted by molar-refractivity contribution is -0.173. The number of carboxylic acid groups (broad SMARTS) is 1. The molecule has 0 aliphatic carbocycles. The van der Waals surface area contributed by atoms with Gasteiger partial charge in [0, 0.05) is 23.2 Å². The Labute approximate surface area is 93.2 Å². The van der Waals surface area contributed by atoms with Crippen molar-refractivity contribution < 1.29 is 32.0 Å². The Kier molecular flexibility index (Phi) is 6.58. The predicted octanol–water partition coefficient (Wildman–Crippen LogP) is 1.18. The van der Waals surface area contributed by atoms with E-state index in [2.05, 4.69) is 4.74 Å². The van der Waals surface area contributed by atoms with E-state index in [1.54, 1.807) is 0 Å². The van der Waals surface area contributed by atoms with Crippen LogP contribution in [0, 0.1) is 0 Å². The van der Waals surface area contributed by atoms with Crippen molar-refractivity contribution in [2.75, 3.05) is 19.0 Å². The lowest BCUT2D eigenvalue weighted by Gasteiger charge is -2.08. The van der Waals surface area contributed by atoms with Crippen molar-refractivity contribution in [2.24, 2.45) is 0 Å². The lowest BCUT2D eigenvalue weighted by Crippen LogP contribution is -2.24. The van der Waals surface area contributed by atoms with Crippen LogP contribution in [0.1, 0.15) is 13.3 Å². The van der Waals surface area contributed by atoms with E-state index in [4.69, 9.17) is 5.11 Å². The minimum atomic E-state index is -4.37. The Morgan fingerprint density at radius 1 is 1.50 bits per heavy atom. The molecule has 0 spiro atoms. The summed E-state index contributed by atoms with van der Waals surface area (Å²) in [6.45, 7) is -0.235. The molecule has 0 fully saturated rings. The van der Waals surface area contributed by atoms with E-state index in [0.29, 0.717) is 0 Å². The predicted molar refractivity (Wildman–Crippen MR) is 51.6 cm³/mol. The Morgan fingerprint density at radius 2 is 2.06 bits per heavy atom. The molecule has 16 heavy (non-hydrogen) atoms. The number of hydrogen-bond acceptors (Lipinski definition) is 3. The first-order chi connectivity index (χ1) is 7.24. The SMILES string of the molecule is CC(C(=O)O)S(=O)CCCOCC(F)(F)F. The highest BCUT2D eigenvalue weighted by Crippen LogP contribution is 2.14. The number of hydrogen-bond donors (Lipinski definition) is 1. The molecule has 2 atom stereocenters. The maximum Gasteiger partial charge on any atom is 0.411 e. The van der Waals surface area contributed by atoms with Crippen molar-refractivity contribution in [2.45, 2.75) is 24.8 Å². The van der Waals surface area contributed by atoms with Gasteiger partial charge >= 0.3 is 12.1 Å². The maximum absolute atomic E-state index is 11.6. The number of alkyl halides is 3. The van der Waals surface area contributed by atoms with E-state index in [0.717, 1.165) is 0 Å². The lowest BCUT2D eigenvalue weighted by atomic mass is 10.5. The van der Waals surface area contributed by atoms with E-state index < -0.39 is 34.8 Å². The molecular weight excluding hydrogens is 249 g/mol. The number of rotatable bonds is 7. The minimum absolute atomic E-state index is 0.0192.